The lowest BCUT2D eigenvalue weighted by Crippen LogP contribution is -2.36. The minimum atomic E-state index is 0.209. The first kappa shape index (κ1) is 27.0. The molecule has 0 amide bonds. The number of anilines is 1. The Kier molecular flexibility index (Phi) is 7.70. The minimum absolute atomic E-state index is 0.209. The van der Waals surface area contributed by atoms with Gasteiger partial charge in [-0.1, -0.05) is 43.3 Å². The average Bonchev–Trinajstić information content (AvgIpc) is 3.22. The largest absolute Gasteiger partial charge is 0.496 e. The van der Waals surface area contributed by atoms with Gasteiger partial charge in [0.05, 0.1) is 22.7 Å². The van der Waals surface area contributed by atoms with Crippen LogP contribution in [0.15, 0.2) is 80.6 Å². The van der Waals surface area contributed by atoms with E-state index in [1.807, 2.05) is 11.8 Å². The zero-order valence-corrected chi connectivity index (χ0v) is 25.4. The van der Waals surface area contributed by atoms with Crippen LogP contribution in [0, 0.1) is 12.3 Å². The highest BCUT2D eigenvalue weighted by atomic mass is 32.2. The average molecular weight is 544 g/mol. The molecule has 1 aliphatic heterocycles. The van der Waals surface area contributed by atoms with Crippen LogP contribution in [0.2, 0.25) is 0 Å². The van der Waals surface area contributed by atoms with Gasteiger partial charge in [0.25, 0.3) is 0 Å². The molecule has 1 aliphatic carbocycles. The number of allylic oxidation sites excluding steroid dienone is 4. The SMILES string of the molecule is CCN1/C(=C\C2=CC(=C/c3ccc4cc(C)ccc4[n+]3CC)/CC(C)(C)C2)Sc2cc(SC)c(OC)cc21. The molecule has 2 aromatic carbocycles. The van der Waals surface area contributed by atoms with Gasteiger partial charge in [-0.2, -0.15) is 4.57 Å². The second-order valence-electron chi connectivity index (χ2n) is 11.0. The van der Waals surface area contributed by atoms with Crippen LogP contribution in [-0.2, 0) is 6.54 Å². The van der Waals surface area contributed by atoms with Crippen LogP contribution in [0.3, 0.4) is 0 Å². The molecule has 0 atom stereocenters. The molecule has 5 heteroatoms. The number of ether oxygens (including phenoxy) is 1. The molecule has 38 heavy (non-hydrogen) atoms. The Morgan fingerprint density at radius 3 is 2.61 bits per heavy atom. The van der Waals surface area contributed by atoms with Crippen LogP contribution in [0.25, 0.3) is 17.0 Å². The highest BCUT2D eigenvalue weighted by molar-refractivity contribution is 8.03. The maximum Gasteiger partial charge on any atom is 0.212 e. The van der Waals surface area contributed by atoms with Crippen molar-refractivity contribution in [2.75, 3.05) is 24.8 Å². The monoisotopic (exact) mass is 543 g/mol. The van der Waals surface area contributed by atoms with Gasteiger partial charge >= 0.3 is 0 Å². The number of nitrogens with zero attached hydrogens (tertiary/aromatic N) is 2. The number of pyridine rings is 1. The number of hydrogen-bond donors (Lipinski definition) is 0. The third-order valence-electron chi connectivity index (χ3n) is 7.47. The molecule has 0 bridgehead atoms. The summed E-state index contributed by atoms with van der Waals surface area (Å²) in [5.41, 5.74) is 8.13. The highest BCUT2D eigenvalue weighted by Crippen LogP contribution is 2.51. The van der Waals surface area contributed by atoms with Crippen molar-refractivity contribution in [3.8, 4) is 5.75 Å². The molecule has 0 N–H and O–H groups in total. The summed E-state index contributed by atoms with van der Waals surface area (Å²) in [5, 5.41) is 2.61. The molecule has 0 unspecified atom stereocenters. The Morgan fingerprint density at radius 2 is 1.89 bits per heavy atom. The number of aromatic nitrogens is 1. The maximum atomic E-state index is 5.69. The number of thioether (sulfide) groups is 2. The van der Waals surface area contributed by atoms with Crippen LogP contribution >= 0.6 is 23.5 Å². The van der Waals surface area contributed by atoms with Gasteiger partial charge in [0, 0.05) is 41.1 Å². The van der Waals surface area contributed by atoms with Gasteiger partial charge in [-0.3, -0.25) is 0 Å². The number of aryl methyl sites for hydroxylation is 2. The molecule has 3 aromatic rings. The lowest BCUT2D eigenvalue weighted by molar-refractivity contribution is -0.669. The Bertz CT molecular complexity index is 1480. The molecule has 3 nitrogen and oxygen atoms in total. The van der Waals surface area contributed by atoms with Gasteiger partial charge < -0.3 is 9.64 Å². The summed E-state index contributed by atoms with van der Waals surface area (Å²) in [7, 11) is 1.76. The fraction of sp³-hybridized carbons (Fsp3) is 0.364. The molecule has 0 saturated heterocycles. The van der Waals surface area contributed by atoms with Crippen molar-refractivity contribution in [1.29, 1.82) is 0 Å². The lowest BCUT2D eigenvalue weighted by Gasteiger charge is -2.31. The van der Waals surface area contributed by atoms with Gasteiger partial charge in [-0.15, -0.1) is 11.8 Å². The van der Waals surface area contributed by atoms with E-state index in [0.29, 0.717) is 0 Å². The Morgan fingerprint density at radius 1 is 1.08 bits per heavy atom. The third-order valence-corrected chi connectivity index (χ3v) is 9.32. The van der Waals surface area contributed by atoms with E-state index in [0.717, 1.165) is 31.7 Å². The number of benzene rings is 2. The summed E-state index contributed by atoms with van der Waals surface area (Å²) in [5.74, 6) is 0.953. The molecule has 0 saturated carbocycles. The zero-order valence-electron chi connectivity index (χ0n) is 23.7. The van der Waals surface area contributed by atoms with Crippen LogP contribution in [0.4, 0.5) is 5.69 Å². The van der Waals surface area contributed by atoms with E-state index >= 15 is 0 Å². The van der Waals surface area contributed by atoms with Crippen LogP contribution in [0.1, 0.15) is 51.8 Å². The second kappa shape index (κ2) is 10.9. The van der Waals surface area contributed by atoms with Crippen molar-refractivity contribution in [3.63, 3.8) is 0 Å². The number of methoxy groups -OCH3 is 1. The van der Waals surface area contributed by atoms with Gasteiger partial charge in [0.2, 0.25) is 11.2 Å². The van der Waals surface area contributed by atoms with Gasteiger partial charge in [0.1, 0.15) is 12.3 Å². The highest BCUT2D eigenvalue weighted by Gasteiger charge is 2.29. The van der Waals surface area contributed by atoms with Gasteiger partial charge in [-0.25, -0.2) is 0 Å². The van der Waals surface area contributed by atoms with E-state index in [-0.39, 0.29) is 5.41 Å². The predicted octanol–water partition coefficient (Wildman–Crippen LogP) is 8.79. The third kappa shape index (κ3) is 5.28. The summed E-state index contributed by atoms with van der Waals surface area (Å²) in [6, 6.07) is 15.8. The Balaban J connectivity index is 1.53. The van der Waals surface area contributed by atoms with Crippen molar-refractivity contribution in [2.24, 2.45) is 5.41 Å². The van der Waals surface area contributed by atoms with Gasteiger partial charge in [0.15, 0.2) is 0 Å². The topological polar surface area (TPSA) is 16.4 Å². The normalized spacial score (nSPS) is 18.8. The molecule has 0 fully saturated rings. The Labute approximate surface area is 236 Å². The quantitative estimate of drug-likeness (QED) is 0.228. The molecular formula is C33H39N2OS2+. The fourth-order valence-corrected chi connectivity index (χ4v) is 7.72. The summed E-state index contributed by atoms with van der Waals surface area (Å²) in [6.07, 6.45) is 11.5. The number of fused-ring (bicyclic) bond motifs is 2. The molecule has 0 spiro atoms. The maximum absolute atomic E-state index is 5.69. The predicted molar refractivity (Wildman–Crippen MR) is 165 cm³/mol. The summed E-state index contributed by atoms with van der Waals surface area (Å²) >= 11 is 3.62. The first-order valence-electron chi connectivity index (χ1n) is 13.5. The van der Waals surface area contributed by atoms with E-state index in [1.54, 1.807) is 18.9 Å². The van der Waals surface area contributed by atoms with E-state index in [1.165, 1.54) is 53.8 Å². The van der Waals surface area contributed by atoms with Crippen molar-refractivity contribution in [2.45, 2.75) is 63.8 Å². The van der Waals surface area contributed by atoms with Crippen LogP contribution in [-0.4, -0.2) is 19.9 Å². The van der Waals surface area contributed by atoms with E-state index in [9.17, 15) is 0 Å². The molecular weight excluding hydrogens is 505 g/mol. The fourth-order valence-electron chi connectivity index (χ4n) is 5.84. The van der Waals surface area contributed by atoms with E-state index in [4.69, 9.17) is 4.74 Å². The second-order valence-corrected chi connectivity index (χ2v) is 12.9. The summed E-state index contributed by atoms with van der Waals surface area (Å²) in [4.78, 5) is 4.92. The van der Waals surface area contributed by atoms with Crippen molar-refractivity contribution in [3.05, 3.63) is 82.0 Å². The molecule has 2 heterocycles. The van der Waals surface area contributed by atoms with Gasteiger partial charge in [-0.05, 0) is 80.7 Å². The molecule has 2 aliphatic rings. The Hall–Kier alpha value is -2.63. The molecule has 5 rings (SSSR count). The van der Waals surface area contributed by atoms with Crippen molar-refractivity contribution in [1.82, 2.24) is 0 Å². The van der Waals surface area contributed by atoms with Crippen molar-refractivity contribution < 1.29 is 9.30 Å². The van der Waals surface area contributed by atoms with E-state index < -0.39 is 0 Å². The number of rotatable bonds is 6. The number of hydrogen-bond acceptors (Lipinski definition) is 4. The van der Waals surface area contributed by atoms with Crippen LogP contribution < -0.4 is 14.2 Å². The standard InChI is InChI=1S/C33H39N2OS2/c1-8-34-26(12-11-25-14-22(3)10-13-27(25)34)16-23-15-24(21-33(4,5)20-23)17-32-35(9-2)28-18-29(36-6)31(37-7)19-30(28)38-32/h10-19H,8-9,20-21H2,1-7H3/q+1. The molecule has 1 aromatic heterocycles. The van der Waals surface area contributed by atoms with E-state index in [2.05, 4.69) is 111 Å². The summed E-state index contributed by atoms with van der Waals surface area (Å²) in [6.45, 7) is 13.3. The molecule has 0 radical (unpaired) electrons. The smallest absolute Gasteiger partial charge is 0.212 e. The lowest BCUT2D eigenvalue weighted by atomic mass is 9.75. The minimum Gasteiger partial charge on any atom is -0.496 e. The van der Waals surface area contributed by atoms with Crippen molar-refractivity contribution >= 4 is 46.2 Å². The molecule has 198 valence electrons. The van der Waals surface area contributed by atoms with Crippen LogP contribution in [0.5, 0.6) is 5.75 Å². The first-order chi connectivity index (χ1) is 18.2. The zero-order chi connectivity index (χ0) is 27.0. The first-order valence-corrected chi connectivity index (χ1v) is 15.6. The summed E-state index contributed by atoms with van der Waals surface area (Å²) < 4.78 is 8.13.